The lowest BCUT2D eigenvalue weighted by Crippen LogP contribution is -2.45. The number of ether oxygens (including phenoxy) is 1. The molecule has 0 amide bonds. The highest BCUT2D eigenvalue weighted by Crippen LogP contribution is 2.26. The number of esters is 1. The van der Waals surface area contributed by atoms with Gasteiger partial charge < -0.3 is 15.4 Å². The van der Waals surface area contributed by atoms with E-state index in [1.165, 1.54) is 51.5 Å². The number of nitrogens with one attached hydrogen (secondary N) is 2. The van der Waals surface area contributed by atoms with Crippen LogP contribution in [0.25, 0.3) is 0 Å². The molecule has 2 aliphatic carbocycles. The van der Waals surface area contributed by atoms with Crippen LogP contribution < -0.4 is 10.6 Å². The number of halogens is 1. The summed E-state index contributed by atoms with van der Waals surface area (Å²) in [6, 6.07) is 1.29. The van der Waals surface area contributed by atoms with Crippen molar-refractivity contribution in [3.05, 3.63) is 0 Å². The van der Waals surface area contributed by atoms with Crippen molar-refractivity contribution in [2.24, 2.45) is 4.99 Å². The Morgan fingerprint density at radius 2 is 1.82 bits per heavy atom. The predicted molar refractivity (Wildman–Crippen MR) is 124 cm³/mol. The summed E-state index contributed by atoms with van der Waals surface area (Å²) in [7, 11) is 0. The van der Waals surface area contributed by atoms with Crippen molar-refractivity contribution >= 4 is 35.9 Å². The van der Waals surface area contributed by atoms with Crippen LogP contribution in [0.15, 0.2) is 4.99 Å². The van der Waals surface area contributed by atoms with E-state index in [0.717, 1.165) is 44.4 Å². The van der Waals surface area contributed by atoms with Crippen LogP contribution in [0, 0.1) is 0 Å². The number of aliphatic imine (C=N–C) groups is 1. The van der Waals surface area contributed by atoms with E-state index in [1.807, 2.05) is 0 Å². The van der Waals surface area contributed by atoms with E-state index in [1.54, 1.807) is 0 Å². The maximum Gasteiger partial charge on any atom is 0.306 e. The number of carbonyl (C=O) groups excluding carboxylic acids is 1. The van der Waals surface area contributed by atoms with E-state index in [4.69, 9.17) is 4.74 Å². The molecule has 0 radical (unpaired) electrons. The van der Waals surface area contributed by atoms with Gasteiger partial charge in [-0.1, -0.05) is 12.8 Å². The molecule has 2 saturated carbocycles. The monoisotopic (exact) mass is 506 g/mol. The van der Waals surface area contributed by atoms with Crippen molar-refractivity contribution in [2.45, 2.75) is 95.7 Å². The van der Waals surface area contributed by atoms with E-state index in [2.05, 4.69) is 27.4 Å². The number of nitrogens with zero attached hydrogens (tertiary/aromatic N) is 2. The Kier molecular flexibility index (Phi) is 10.9. The summed E-state index contributed by atoms with van der Waals surface area (Å²) in [6.45, 7) is 5.94. The second-order valence-electron chi connectivity index (χ2n) is 8.32. The molecule has 1 unspecified atom stereocenters. The Morgan fingerprint density at radius 3 is 2.54 bits per heavy atom. The molecule has 1 aliphatic heterocycles. The van der Waals surface area contributed by atoms with Gasteiger partial charge in [0.05, 0.1) is 0 Å². The molecule has 28 heavy (non-hydrogen) atoms. The Hall–Kier alpha value is -0.570. The van der Waals surface area contributed by atoms with Gasteiger partial charge in [-0.3, -0.25) is 14.7 Å². The fraction of sp³-hybridized carbons (Fsp3) is 0.905. The number of carbonyl (C=O) groups is 1. The summed E-state index contributed by atoms with van der Waals surface area (Å²) < 4.78 is 5.51. The van der Waals surface area contributed by atoms with E-state index >= 15 is 0 Å². The van der Waals surface area contributed by atoms with Gasteiger partial charge in [-0.05, 0) is 58.3 Å². The molecular weight excluding hydrogens is 467 g/mol. The molecule has 1 heterocycles. The molecular formula is C21H39IN4O2. The van der Waals surface area contributed by atoms with E-state index in [9.17, 15) is 4.79 Å². The number of rotatable bonds is 8. The van der Waals surface area contributed by atoms with Crippen LogP contribution >= 0.6 is 24.0 Å². The average molecular weight is 506 g/mol. The third-order valence-corrected chi connectivity index (χ3v) is 6.16. The lowest BCUT2D eigenvalue weighted by atomic mass is 10.2. The normalized spacial score (nSPS) is 24.3. The van der Waals surface area contributed by atoms with Gasteiger partial charge in [0.15, 0.2) is 5.96 Å². The quantitative estimate of drug-likeness (QED) is 0.174. The standard InChI is InChI=1S/C21H38N4O2.HI/c1-2-22-21(23-14-7-12-20(26)27-19-10-5-6-11-19)24-17-13-15-25(16-17)18-8-3-4-9-18;/h17-19H,2-16H2,1H3,(H2,22,23,24);1H. The van der Waals surface area contributed by atoms with Gasteiger partial charge in [-0.15, -0.1) is 24.0 Å². The van der Waals surface area contributed by atoms with Crippen molar-refractivity contribution in [3.63, 3.8) is 0 Å². The van der Waals surface area contributed by atoms with Gasteiger partial charge in [-0.2, -0.15) is 0 Å². The molecule has 0 aromatic carbocycles. The number of hydrogen-bond acceptors (Lipinski definition) is 4. The third kappa shape index (κ3) is 7.69. The van der Waals surface area contributed by atoms with Gasteiger partial charge in [0.25, 0.3) is 0 Å². The molecule has 7 heteroatoms. The van der Waals surface area contributed by atoms with Crippen LogP contribution in [0.5, 0.6) is 0 Å². The van der Waals surface area contributed by atoms with Crippen LogP contribution in [-0.2, 0) is 9.53 Å². The highest BCUT2D eigenvalue weighted by atomic mass is 127. The SMILES string of the molecule is CCNC(=NCCCC(=O)OC1CCCC1)NC1CCN(C2CCCC2)C1.I. The smallest absolute Gasteiger partial charge is 0.306 e. The van der Waals surface area contributed by atoms with Crippen LogP contribution in [0.3, 0.4) is 0 Å². The van der Waals surface area contributed by atoms with Gasteiger partial charge in [0, 0.05) is 44.7 Å². The zero-order chi connectivity index (χ0) is 18.9. The second kappa shape index (κ2) is 12.9. The van der Waals surface area contributed by atoms with Crippen LogP contribution in [-0.4, -0.2) is 61.2 Å². The summed E-state index contributed by atoms with van der Waals surface area (Å²) in [6.07, 6.45) is 12.6. The van der Waals surface area contributed by atoms with Gasteiger partial charge in [0.1, 0.15) is 6.10 Å². The van der Waals surface area contributed by atoms with Crippen LogP contribution in [0.1, 0.15) is 77.6 Å². The van der Waals surface area contributed by atoms with Crippen molar-refractivity contribution in [1.82, 2.24) is 15.5 Å². The topological polar surface area (TPSA) is 66.0 Å². The first-order valence-electron chi connectivity index (χ1n) is 11.2. The first kappa shape index (κ1) is 23.7. The van der Waals surface area contributed by atoms with Crippen molar-refractivity contribution in [3.8, 4) is 0 Å². The molecule has 0 spiro atoms. The summed E-state index contributed by atoms with van der Waals surface area (Å²) in [5.74, 6) is 0.831. The first-order valence-corrected chi connectivity index (χ1v) is 11.2. The fourth-order valence-corrected chi connectivity index (χ4v) is 4.68. The van der Waals surface area contributed by atoms with E-state index in [0.29, 0.717) is 19.0 Å². The van der Waals surface area contributed by atoms with Gasteiger partial charge >= 0.3 is 5.97 Å². The Bertz CT molecular complexity index is 491. The summed E-state index contributed by atoms with van der Waals surface area (Å²) in [4.78, 5) is 19.2. The molecule has 1 atom stereocenters. The predicted octanol–water partition coefficient (Wildman–Crippen LogP) is 3.44. The number of guanidine groups is 1. The molecule has 3 rings (SSSR count). The van der Waals surface area contributed by atoms with Crippen molar-refractivity contribution in [1.29, 1.82) is 0 Å². The Labute approximate surface area is 187 Å². The van der Waals surface area contributed by atoms with E-state index in [-0.39, 0.29) is 36.0 Å². The summed E-state index contributed by atoms with van der Waals surface area (Å²) in [5.41, 5.74) is 0. The minimum absolute atomic E-state index is 0. The molecule has 0 aromatic rings. The zero-order valence-electron chi connectivity index (χ0n) is 17.5. The number of likely N-dealkylation sites (tertiary alicyclic amines) is 1. The molecule has 162 valence electrons. The minimum atomic E-state index is -0.0574. The lowest BCUT2D eigenvalue weighted by molar-refractivity contribution is -0.148. The minimum Gasteiger partial charge on any atom is -0.462 e. The van der Waals surface area contributed by atoms with Crippen molar-refractivity contribution < 1.29 is 9.53 Å². The van der Waals surface area contributed by atoms with Crippen LogP contribution in [0.4, 0.5) is 0 Å². The third-order valence-electron chi connectivity index (χ3n) is 6.16. The molecule has 2 N–H and O–H groups in total. The number of hydrogen-bond donors (Lipinski definition) is 2. The Balaban J connectivity index is 0.00000280. The van der Waals surface area contributed by atoms with E-state index < -0.39 is 0 Å². The fourth-order valence-electron chi connectivity index (χ4n) is 4.68. The molecule has 0 aromatic heterocycles. The average Bonchev–Trinajstić information content (AvgIpc) is 3.40. The molecule has 1 saturated heterocycles. The first-order chi connectivity index (χ1) is 13.2. The van der Waals surface area contributed by atoms with Gasteiger partial charge in [-0.25, -0.2) is 0 Å². The largest absolute Gasteiger partial charge is 0.462 e. The van der Waals surface area contributed by atoms with Gasteiger partial charge in [0.2, 0.25) is 0 Å². The highest BCUT2D eigenvalue weighted by molar-refractivity contribution is 14.0. The van der Waals surface area contributed by atoms with Crippen LogP contribution in [0.2, 0.25) is 0 Å². The molecule has 0 bridgehead atoms. The molecule has 3 aliphatic rings. The zero-order valence-corrected chi connectivity index (χ0v) is 19.8. The second-order valence-corrected chi connectivity index (χ2v) is 8.32. The summed E-state index contributed by atoms with van der Waals surface area (Å²) in [5, 5.41) is 6.94. The molecule has 6 nitrogen and oxygen atoms in total. The Morgan fingerprint density at radius 1 is 1.11 bits per heavy atom. The maximum absolute atomic E-state index is 11.9. The maximum atomic E-state index is 11.9. The van der Waals surface area contributed by atoms with Crippen molar-refractivity contribution in [2.75, 3.05) is 26.2 Å². The lowest BCUT2D eigenvalue weighted by Gasteiger charge is -2.24. The summed E-state index contributed by atoms with van der Waals surface area (Å²) >= 11 is 0. The highest BCUT2D eigenvalue weighted by Gasteiger charge is 2.30. The molecule has 3 fully saturated rings.